The van der Waals surface area contributed by atoms with Gasteiger partial charge in [-0.3, -0.25) is 4.79 Å². The van der Waals surface area contributed by atoms with Crippen LogP contribution in [0.2, 0.25) is 0 Å². The SMILES string of the molecule is CCc1ccc(C(=O)c2cc(C(F)(F)F)cn2C/C=C/c2cccc(O[C@@H](C)C(=O)O)c2)cc1. The molecule has 0 fully saturated rings. The van der Waals surface area contributed by atoms with Crippen LogP contribution in [0.4, 0.5) is 13.2 Å². The second-order valence-electron chi connectivity index (χ2n) is 7.72. The summed E-state index contributed by atoms with van der Waals surface area (Å²) in [7, 11) is 0. The molecule has 0 aliphatic carbocycles. The molecule has 1 heterocycles. The van der Waals surface area contributed by atoms with Crippen LogP contribution in [0, 0.1) is 0 Å². The number of aliphatic carboxylic acids is 1. The monoisotopic (exact) mass is 471 g/mol. The van der Waals surface area contributed by atoms with E-state index in [0.29, 0.717) is 16.9 Å². The summed E-state index contributed by atoms with van der Waals surface area (Å²) in [4.78, 5) is 23.9. The topological polar surface area (TPSA) is 68.5 Å². The highest BCUT2D eigenvalue weighted by atomic mass is 19.4. The zero-order chi connectivity index (χ0) is 24.9. The Kier molecular flexibility index (Phi) is 7.61. The van der Waals surface area contributed by atoms with Gasteiger partial charge in [-0.15, -0.1) is 0 Å². The van der Waals surface area contributed by atoms with Crippen molar-refractivity contribution in [1.29, 1.82) is 0 Å². The first-order valence-corrected chi connectivity index (χ1v) is 10.7. The minimum atomic E-state index is -4.58. The van der Waals surface area contributed by atoms with E-state index in [1.807, 2.05) is 6.92 Å². The molecule has 3 rings (SSSR count). The van der Waals surface area contributed by atoms with Gasteiger partial charge in [-0.2, -0.15) is 13.2 Å². The molecule has 5 nitrogen and oxygen atoms in total. The van der Waals surface area contributed by atoms with Crippen molar-refractivity contribution in [1.82, 2.24) is 4.57 Å². The van der Waals surface area contributed by atoms with Gasteiger partial charge in [-0.1, -0.05) is 55.5 Å². The van der Waals surface area contributed by atoms with Crippen molar-refractivity contribution in [3.63, 3.8) is 0 Å². The summed E-state index contributed by atoms with van der Waals surface area (Å²) in [6.07, 6.45) is -0.615. The van der Waals surface area contributed by atoms with Gasteiger partial charge in [0.05, 0.1) is 11.3 Å². The van der Waals surface area contributed by atoms with Crippen LogP contribution >= 0.6 is 0 Å². The number of halogens is 3. The molecular formula is C26H24F3NO4. The Hall–Kier alpha value is -3.81. The Morgan fingerprint density at radius 3 is 2.44 bits per heavy atom. The third kappa shape index (κ3) is 6.15. The summed E-state index contributed by atoms with van der Waals surface area (Å²) in [6.45, 7) is 3.41. The molecule has 3 aromatic rings. The standard InChI is InChI=1S/C26H24F3NO4/c1-3-18-9-11-20(12-10-18)24(31)23-15-21(26(27,28)29)16-30(23)13-5-7-19-6-4-8-22(14-19)34-17(2)25(32)33/h4-12,14-17H,3,13H2,1-2H3,(H,32,33)/b7-5+/t17-/m0/s1. The fraction of sp³-hybridized carbons (Fsp3) is 0.231. The average Bonchev–Trinajstić information content (AvgIpc) is 3.23. The van der Waals surface area contributed by atoms with Crippen molar-refractivity contribution in [2.45, 2.75) is 39.1 Å². The lowest BCUT2D eigenvalue weighted by atomic mass is 10.0. The number of nitrogens with zero attached hydrogens (tertiary/aromatic N) is 1. The molecule has 1 atom stereocenters. The molecule has 0 aliphatic heterocycles. The maximum absolute atomic E-state index is 13.3. The number of ether oxygens (including phenoxy) is 1. The van der Waals surface area contributed by atoms with Crippen molar-refractivity contribution < 1.29 is 32.6 Å². The van der Waals surface area contributed by atoms with Crippen LogP contribution < -0.4 is 4.74 Å². The van der Waals surface area contributed by atoms with E-state index in [1.165, 1.54) is 11.5 Å². The van der Waals surface area contributed by atoms with Crippen LogP contribution in [0.3, 0.4) is 0 Å². The van der Waals surface area contributed by atoms with Crippen molar-refractivity contribution >= 4 is 17.8 Å². The molecule has 34 heavy (non-hydrogen) atoms. The van der Waals surface area contributed by atoms with E-state index in [-0.39, 0.29) is 12.2 Å². The number of carboxylic acid groups (broad SMARTS) is 1. The van der Waals surface area contributed by atoms with E-state index in [0.717, 1.165) is 24.2 Å². The van der Waals surface area contributed by atoms with Crippen LogP contribution in [0.1, 0.15) is 46.6 Å². The van der Waals surface area contributed by atoms with Crippen molar-refractivity contribution in [2.24, 2.45) is 0 Å². The van der Waals surface area contributed by atoms with Crippen LogP contribution in [-0.2, 0) is 23.9 Å². The number of aromatic nitrogens is 1. The van der Waals surface area contributed by atoms with Gasteiger partial charge in [-0.05, 0) is 42.7 Å². The minimum Gasteiger partial charge on any atom is -0.479 e. The highest BCUT2D eigenvalue weighted by Gasteiger charge is 2.33. The van der Waals surface area contributed by atoms with Gasteiger partial charge in [0.15, 0.2) is 6.10 Å². The van der Waals surface area contributed by atoms with E-state index in [1.54, 1.807) is 60.7 Å². The average molecular weight is 471 g/mol. The Bertz CT molecular complexity index is 1190. The third-order valence-electron chi connectivity index (χ3n) is 5.21. The smallest absolute Gasteiger partial charge is 0.417 e. The summed E-state index contributed by atoms with van der Waals surface area (Å²) in [5.74, 6) is -1.25. The molecule has 1 N–H and O–H groups in total. The second-order valence-corrected chi connectivity index (χ2v) is 7.72. The lowest BCUT2D eigenvalue weighted by molar-refractivity contribution is -0.144. The van der Waals surface area contributed by atoms with Crippen molar-refractivity contribution in [3.8, 4) is 5.75 Å². The molecule has 1 aromatic heterocycles. The molecule has 0 saturated carbocycles. The lowest BCUT2D eigenvalue weighted by Crippen LogP contribution is -2.22. The van der Waals surface area contributed by atoms with Gasteiger partial charge in [0.2, 0.25) is 5.78 Å². The van der Waals surface area contributed by atoms with Crippen LogP contribution in [0.25, 0.3) is 6.08 Å². The van der Waals surface area contributed by atoms with Crippen LogP contribution in [0.15, 0.2) is 66.9 Å². The fourth-order valence-corrected chi connectivity index (χ4v) is 3.30. The highest BCUT2D eigenvalue weighted by molar-refractivity contribution is 6.08. The number of allylic oxidation sites excluding steroid dienone is 1. The zero-order valence-electron chi connectivity index (χ0n) is 18.7. The first-order valence-electron chi connectivity index (χ1n) is 10.7. The molecule has 0 spiro atoms. The van der Waals surface area contributed by atoms with Gasteiger partial charge < -0.3 is 14.4 Å². The fourth-order valence-electron chi connectivity index (χ4n) is 3.30. The Morgan fingerprint density at radius 1 is 1.12 bits per heavy atom. The van der Waals surface area contributed by atoms with E-state index >= 15 is 0 Å². The zero-order valence-corrected chi connectivity index (χ0v) is 18.7. The number of alkyl halides is 3. The number of ketones is 1. The van der Waals surface area contributed by atoms with Gasteiger partial charge in [0, 0.05) is 18.3 Å². The van der Waals surface area contributed by atoms with Crippen LogP contribution in [-0.4, -0.2) is 27.5 Å². The summed E-state index contributed by atoms with van der Waals surface area (Å²) < 4.78 is 46.6. The first-order chi connectivity index (χ1) is 16.1. The Labute approximate surface area is 195 Å². The Morgan fingerprint density at radius 2 is 1.82 bits per heavy atom. The van der Waals surface area contributed by atoms with Crippen molar-refractivity contribution in [2.75, 3.05) is 0 Å². The van der Waals surface area contributed by atoms with E-state index in [9.17, 15) is 22.8 Å². The number of aryl methyl sites for hydroxylation is 1. The van der Waals surface area contributed by atoms with E-state index < -0.39 is 29.6 Å². The number of benzene rings is 2. The lowest BCUT2D eigenvalue weighted by Gasteiger charge is -2.10. The summed E-state index contributed by atoms with van der Waals surface area (Å²) >= 11 is 0. The number of carbonyl (C=O) groups is 2. The van der Waals surface area contributed by atoms with Gasteiger partial charge in [0.25, 0.3) is 0 Å². The van der Waals surface area contributed by atoms with Crippen molar-refractivity contribution in [3.05, 3.63) is 94.8 Å². The minimum absolute atomic E-state index is 0.0286. The molecule has 0 radical (unpaired) electrons. The Balaban J connectivity index is 1.83. The summed E-state index contributed by atoms with van der Waals surface area (Å²) in [6, 6.07) is 14.3. The highest BCUT2D eigenvalue weighted by Crippen LogP contribution is 2.31. The van der Waals surface area contributed by atoms with Gasteiger partial charge in [-0.25, -0.2) is 4.79 Å². The maximum atomic E-state index is 13.3. The normalized spacial score (nSPS) is 12.6. The molecule has 0 unspecified atom stereocenters. The molecule has 0 bridgehead atoms. The largest absolute Gasteiger partial charge is 0.479 e. The number of rotatable bonds is 9. The molecule has 2 aromatic carbocycles. The number of carboxylic acids is 1. The molecular weight excluding hydrogens is 447 g/mol. The predicted octanol–water partition coefficient (Wildman–Crippen LogP) is 5.87. The second kappa shape index (κ2) is 10.4. The number of hydrogen-bond donors (Lipinski definition) is 1. The maximum Gasteiger partial charge on any atom is 0.417 e. The van der Waals surface area contributed by atoms with E-state index in [4.69, 9.17) is 9.84 Å². The summed E-state index contributed by atoms with van der Waals surface area (Å²) in [5, 5.41) is 8.97. The quantitative estimate of drug-likeness (QED) is 0.397. The molecule has 178 valence electrons. The number of hydrogen-bond acceptors (Lipinski definition) is 3. The predicted molar refractivity (Wildman–Crippen MR) is 122 cm³/mol. The molecule has 0 amide bonds. The third-order valence-corrected chi connectivity index (χ3v) is 5.21. The molecule has 0 aliphatic rings. The van der Waals surface area contributed by atoms with Gasteiger partial charge in [0.1, 0.15) is 5.75 Å². The molecule has 8 heteroatoms. The summed E-state index contributed by atoms with van der Waals surface area (Å²) in [5.41, 5.74) is 1.05. The van der Waals surface area contributed by atoms with E-state index in [2.05, 4.69) is 0 Å². The van der Waals surface area contributed by atoms with Gasteiger partial charge >= 0.3 is 12.1 Å². The first kappa shape index (κ1) is 24.8. The number of carbonyl (C=O) groups excluding carboxylic acids is 1. The molecule has 0 saturated heterocycles. The van der Waals surface area contributed by atoms with Crippen LogP contribution in [0.5, 0.6) is 5.75 Å².